The Balaban J connectivity index is 1.41. The molecule has 1 aliphatic rings. The van der Waals surface area contributed by atoms with Crippen LogP contribution in [0.1, 0.15) is 45.9 Å². The molecule has 0 bridgehead atoms. The fraction of sp³-hybridized carbons (Fsp3) is 0.256. The second-order valence-electron chi connectivity index (χ2n) is 12.7. The standard InChI is InChI=1S/C39H40N2O8S2/c1-4-29(23-38-40(21-19-27(2)50(42,43)44)34-25-32(15-17-36(34)48-38)30-11-7-5-8-12-30)24-39-41(22-20-28(3)51(45,46)47)35-26-33(16-18-37(35)49-39)31-13-9-6-10-14-31/h5-18,23-28H,4,19-22H2,1-3H3,(H-,42,43,44,45,46,47)/p-1. The summed E-state index contributed by atoms with van der Waals surface area (Å²) in [6.07, 6.45) is 4.43. The minimum absolute atomic E-state index is 0.0842. The van der Waals surface area contributed by atoms with Gasteiger partial charge >= 0.3 is 5.89 Å². The number of oxazole rings is 1. The quantitative estimate of drug-likeness (QED) is 0.0906. The van der Waals surface area contributed by atoms with Gasteiger partial charge in [0.1, 0.15) is 0 Å². The summed E-state index contributed by atoms with van der Waals surface area (Å²) in [5.41, 5.74) is 6.80. The molecular formula is C39H39N2O8S2-. The molecule has 0 radical (unpaired) electrons. The summed E-state index contributed by atoms with van der Waals surface area (Å²) in [6.45, 7) is 5.21. The number of fused-ring (bicyclic) bond motifs is 2. The monoisotopic (exact) mass is 727 g/mol. The predicted octanol–water partition coefficient (Wildman–Crippen LogP) is 7.24. The third kappa shape index (κ3) is 8.26. The van der Waals surface area contributed by atoms with Crippen LogP contribution in [0.2, 0.25) is 0 Å². The Bertz CT molecular complexity index is 2320. The van der Waals surface area contributed by atoms with Crippen LogP contribution in [0.15, 0.2) is 119 Å². The third-order valence-electron chi connectivity index (χ3n) is 9.20. The first kappa shape index (κ1) is 36.1. The number of allylic oxidation sites excluding steroid dienone is 2. The van der Waals surface area contributed by atoms with Gasteiger partial charge in [-0.15, -0.1) is 0 Å². The number of ether oxygens (including phenoxy) is 1. The lowest BCUT2D eigenvalue weighted by Gasteiger charge is -2.22. The molecule has 0 fully saturated rings. The van der Waals surface area contributed by atoms with Crippen LogP contribution in [0.3, 0.4) is 0 Å². The highest BCUT2D eigenvalue weighted by molar-refractivity contribution is 7.86. The lowest BCUT2D eigenvalue weighted by Crippen LogP contribution is -2.37. The SMILES string of the molecule is CCC(=C\c1oc2ccc(-c3ccccc3)cc2[n+]1CCC(C)S(=O)(=O)[O-])/C=C1/Oc2ccc(-c3ccccc3)cc2N1CCC(C)S(=O)(=O)[O-]. The van der Waals surface area contributed by atoms with Gasteiger partial charge in [-0.1, -0.05) is 79.7 Å². The van der Waals surface area contributed by atoms with E-state index in [0.717, 1.165) is 39.0 Å². The molecule has 2 unspecified atom stereocenters. The second kappa shape index (κ2) is 14.8. The van der Waals surface area contributed by atoms with Crippen molar-refractivity contribution < 1.29 is 39.7 Å². The topological polar surface area (TPSA) is 144 Å². The van der Waals surface area contributed by atoms with E-state index in [-0.39, 0.29) is 25.9 Å². The summed E-state index contributed by atoms with van der Waals surface area (Å²) in [5.74, 6) is 1.51. The highest BCUT2D eigenvalue weighted by Crippen LogP contribution is 2.42. The van der Waals surface area contributed by atoms with Crippen molar-refractivity contribution in [1.29, 1.82) is 0 Å². The molecule has 5 aromatic rings. The van der Waals surface area contributed by atoms with Gasteiger partial charge in [0, 0.05) is 30.4 Å². The second-order valence-corrected chi connectivity index (χ2v) is 16.3. The zero-order valence-corrected chi connectivity index (χ0v) is 30.2. The van der Waals surface area contributed by atoms with Crippen molar-refractivity contribution in [2.75, 3.05) is 11.4 Å². The molecule has 51 heavy (non-hydrogen) atoms. The highest BCUT2D eigenvalue weighted by Gasteiger charge is 2.29. The summed E-state index contributed by atoms with van der Waals surface area (Å²) in [7, 11) is -8.98. The molecule has 0 saturated carbocycles. The summed E-state index contributed by atoms with van der Waals surface area (Å²) in [5, 5.41) is -2.20. The van der Waals surface area contributed by atoms with Crippen LogP contribution >= 0.6 is 0 Å². The molecule has 0 amide bonds. The smallest absolute Gasteiger partial charge is 0.374 e. The van der Waals surface area contributed by atoms with Crippen molar-refractivity contribution in [2.45, 2.75) is 57.1 Å². The van der Waals surface area contributed by atoms with Crippen molar-refractivity contribution in [3.63, 3.8) is 0 Å². The van der Waals surface area contributed by atoms with E-state index in [9.17, 15) is 25.9 Å². The number of anilines is 1. The maximum absolute atomic E-state index is 11.8. The Morgan fingerprint density at radius 2 is 1.37 bits per heavy atom. The summed E-state index contributed by atoms with van der Waals surface area (Å²) < 4.78 is 85.3. The number of hydrogen-bond acceptors (Lipinski definition) is 9. The van der Waals surface area contributed by atoms with Gasteiger partial charge in [-0.25, -0.2) is 16.8 Å². The van der Waals surface area contributed by atoms with Crippen molar-refractivity contribution in [3.8, 4) is 28.0 Å². The average Bonchev–Trinajstić information content (AvgIpc) is 3.64. The average molecular weight is 728 g/mol. The highest BCUT2D eigenvalue weighted by atomic mass is 32.2. The zero-order valence-electron chi connectivity index (χ0n) is 28.6. The molecule has 0 spiro atoms. The van der Waals surface area contributed by atoms with Gasteiger partial charge < -0.3 is 23.2 Å². The van der Waals surface area contributed by atoms with Crippen molar-refractivity contribution >= 4 is 43.1 Å². The van der Waals surface area contributed by atoms with Gasteiger partial charge in [-0.3, -0.25) is 0 Å². The number of aromatic nitrogens is 1. The van der Waals surface area contributed by atoms with E-state index in [0.29, 0.717) is 29.5 Å². The molecule has 0 aliphatic carbocycles. The van der Waals surface area contributed by atoms with Crippen LogP contribution in [0, 0.1) is 0 Å². The van der Waals surface area contributed by atoms with Crippen LogP contribution < -0.4 is 14.2 Å². The van der Waals surface area contributed by atoms with Gasteiger partial charge in [0.15, 0.2) is 12.3 Å². The van der Waals surface area contributed by atoms with Crippen molar-refractivity contribution in [2.24, 2.45) is 0 Å². The predicted molar refractivity (Wildman–Crippen MR) is 196 cm³/mol. The molecule has 1 aromatic heterocycles. The number of nitrogens with zero attached hydrogens (tertiary/aromatic N) is 2. The van der Waals surface area contributed by atoms with E-state index in [1.54, 1.807) is 0 Å². The van der Waals surface area contributed by atoms with E-state index < -0.39 is 30.7 Å². The number of rotatable bonds is 13. The largest absolute Gasteiger partial charge is 0.748 e. The Kier molecular flexibility index (Phi) is 10.5. The van der Waals surface area contributed by atoms with Crippen LogP contribution in [0.25, 0.3) is 39.4 Å². The molecule has 10 nitrogen and oxygen atoms in total. The fourth-order valence-electron chi connectivity index (χ4n) is 5.97. The first-order valence-electron chi connectivity index (χ1n) is 16.8. The third-order valence-corrected chi connectivity index (χ3v) is 11.6. The maximum atomic E-state index is 11.8. The van der Waals surface area contributed by atoms with Gasteiger partial charge in [-0.05, 0) is 72.7 Å². The van der Waals surface area contributed by atoms with Crippen LogP contribution in [0.4, 0.5) is 5.69 Å². The molecule has 2 atom stereocenters. The van der Waals surface area contributed by atoms with Crippen molar-refractivity contribution in [3.05, 3.63) is 120 Å². The Hall–Kier alpha value is -4.75. The Labute approximate surface area is 298 Å². The molecule has 4 aromatic carbocycles. The Morgan fingerprint density at radius 3 is 1.98 bits per heavy atom. The van der Waals surface area contributed by atoms with E-state index >= 15 is 0 Å². The van der Waals surface area contributed by atoms with Gasteiger partial charge in [0.05, 0.1) is 37.2 Å². The molecule has 12 heteroatoms. The van der Waals surface area contributed by atoms with Gasteiger partial charge in [0.25, 0.3) is 5.52 Å². The molecule has 6 rings (SSSR count). The number of hydrogen-bond donors (Lipinski definition) is 0. The minimum Gasteiger partial charge on any atom is -0.748 e. The fourth-order valence-corrected chi connectivity index (χ4v) is 6.76. The zero-order chi connectivity index (χ0) is 36.3. The molecular weight excluding hydrogens is 689 g/mol. The summed E-state index contributed by atoms with van der Waals surface area (Å²) in [4.78, 5) is 1.88. The molecule has 0 saturated heterocycles. The molecule has 1 aliphatic heterocycles. The first-order valence-corrected chi connectivity index (χ1v) is 19.7. The van der Waals surface area contributed by atoms with Crippen molar-refractivity contribution in [1.82, 2.24) is 0 Å². The van der Waals surface area contributed by atoms with Gasteiger partial charge in [0.2, 0.25) is 11.5 Å². The lowest BCUT2D eigenvalue weighted by molar-refractivity contribution is -0.678. The van der Waals surface area contributed by atoms with E-state index in [1.807, 2.05) is 126 Å². The maximum Gasteiger partial charge on any atom is 0.374 e. The van der Waals surface area contributed by atoms with E-state index in [1.165, 1.54) is 13.8 Å². The van der Waals surface area contributed by atoms with Crippen LogP contribution in [-0.4, -0.2) is 43.0 Å². The van der Waals surface area contributed by atoms with E-state index in [4.69, 9.17) is 9.15 Å². The number of aryl methyl sites for hydroxylation is 1. The minimum atomic E-state index is -4.49. The summed E-state index contributed by atoms with van der Waals surface area (Å²) >= 11 is 0. The first-order chi connectivity index (χ1) is 24.3. The van der Waals surface area contributed by atoms with E-state index in [2.05, 4.69) is 0 Å². The lowest BCUT2D eigenvalue weighted by atomic mass is 10.0. The Morgan fingerprint density at radius 1 is 0.784 bits per heavy atom. The van der Waals surface area contributed by atoms with Gasteiger partial charge in [-0.2, -0.15) is 4.57 Å². The van der Waals surface area contributed by atoms with Crippen LogP contribution in [-0.2, 0) is 26.8 Å². The summed E-state index contributed by atoms with van der Waals surface area (Å²) in [6, 6.07) is 31.3. The van der Waals surface area contributed by atoms with Crippen LogP contribution in [0.5, 0.6) is 5.75 Å². The normalized spacial score (nSPS) is 15.6. The number of benzene rings is 4. The molecule has 0 N–H and O–H groups in total. The molecule has 2 heterocycles. The molecule has 266 valence electrons.